The van der Waals surface area contributed by atoms with E-state index in [2.05, 4.69) is 82.7 Å². The fourth-order valence-electron chi connectivity index (χ4n) is 4.03. The van der Waals surface area contributed by atoms with Crippen molar-refractivity contribution in [3.8, 4) is 33.9 Å². The van der Waals surface area contributed by atoms with Crippen LogP contribution in [-0.4, -0.2) is 9.97 Å². The van der Waals surface area contributed by atoms with Gasteiger partial charge in [-0.25, -0.2) is 9.97 Å². The van der Waals surface area contributed by atoms with Crippen LogP contribution in [-0.2, 0) is 0 Å². The Balaban J connectivity index is 1.63. The summed E-state index contributed by atoms with van der Waals surface area (Å²) in [6, 6.07) is 35.6. The van der Waals surface area contributed by atoms with Crippen LogP contribution in [0.3, 0.4) is 0 Å². The Hall–Kier alpha value is -3.34. The van der Waals surface area contributed by atoms with E-state index in [1.54, 1.807) is 11.3 Å². The summed E-state index contributed by atoms with van der Waals surface area (Å²) < 4.78 is 3.56. The van der Waals surface area contributed by atoms with Gasteiger partial charge >= 0.3 is 0 Å². The van der Waals surface area contributed by atoms with E-state index < -0.39 is 0 Å². The van der Waals surface area contributed by atoms with E-state index in [-0.39, 0.29) is 0 Å². The Morgan fingerprint density at radius 1 is 0.594 bits per heavy atom. The molecule has 0 bridgehead atoms. The van der Waals surface area contributed by atoms with Crippen LogP contribution >= 0.6 is 27.3 Å². The van der Waals surface area contributed by atoms with Crippen LogP contribution in [0.25, 0.3) is 54.1 Å². The lowest BCUT2D eigenvalue weighted by Crippen LogP contribution is -1.96. The maximum Gasteiger partial charge on any atom is 0.161 e. The van der Waals surface area contributed by atoms with Crippen molar-refractivity contribution in [1.82, 2.24) is 9.97 Å². The van der Waals surface area contributed by atoms with E-state index in [4.69, 9.17) is 9.97 Å². The van der Waals surface area contributed by atoms with Gasteiger partial charge in [0, 0.05) is 41.3 Å². The summed E-state index contributed by atoms with van der Waals surface area (Å²) in [5, 5.41) is 2.49. The molecule has 0 N–H and O–H groups in total. The summed E-state index contributed by atoms with van der Waals surface area (Å²) in [6.07, 6.45) is 0. The lowest BCUT2D eigenvalue weighted by Gasteiger charge is -2.10. The molecule has 4 aromatic carbocycles. The number of rotatable bonds is 3. The zero-order valence-corrected chi connectivity index (χ0v) is 19.4. The highest BCUT2D eigenvalue weighted by atomic mass is 79.9. The Bertz CT molecular complexity index is 1520. The van der Waals surface area contributed by atoms with Crippen molar-refractivity contribution in [2.24, 2.45) is 0 Å². The van der Waals surface area contributed by atoms with Crippen LogP contribution in [0, 0.1) is 0 Å². The van der Waals surface area contributed by atoms with E-state index in [1.165, 1.54) is 20.2 Å². The minimum Gasteiger partial charge on any atom is -0.228 e. The Morgan fingerprint density at radius 3 is 1.91 bits per heavy atom. The average molecular weight is 493 g/mol. The second kappa shape index (κ2) is 7.97. The summed E-state index contributed by atoms with van der Waals surface area (Å²) >= 11 is 5.41. The van der Waals surface area contributed by atoms with Crippen LogP contribution in [0.1, 0.15) is 0 Å². The highest BCUT2D eigenvalue weighted by Gasteiger charge is 2.15. The molecule has 0 fully saturated rings. The highest BCUT2D eigenvalue weighted by molar-refractivity contribution is 9.10. The number of fused-ring (bicyclic) bond motifs is 3. The summed E-state index contributed by atoms with van der Waals surface area (Å²) in [7, 11) is 0. The number of benzene rings is 4. The number of hydrogen-bond donors (Lipinski definition) is 0. The topological polar surface area (TPSA) is 25.8 Å². The van der Waals surface area contributed by atoms with Gasteiger partial charge in [0.05, 0.1) is 11.4 Å². The van der Waals surface area contributed by atoms with Crippen LogP contribution < -0.4 is 0 Å². The van der Waals surface area contributed by atoms with Gasteiger partial charge < -0.3 is 0 Å². The third-order valence-electron chi connectivity index (χ3n) is 5.56. The lowest BCUT2D eigenvalue weighted by molar-refractivity contribution is 1.19. The standard InChI is InChI=1S/C28H17BrN2S/c29-20-14-15-26-23(16-20)21-12-7-13-22(27(21)32-26)28-30-24(18-8-3-1-4-9-18)17-25(31-28)19-10-5-2-6-11-19/h1-17H. The number of nitrogens with zero attached hydrogens (tertiary/aromatic N) is 2. The van der Waals surface area contributed by atoms with Gasteiger partial charge in [-0.15, -0.1) is 11.3 Å². The summed E-state index contributed by atoms with van der Waals surface area (Å²) in [5.41, 5.74) is 5.09. The van der Waals surface area contributed by atoms with Gasteiger partial charge in [0.1, 0.15) is 0 Å². The monoisotopic (exact) mass is 492 g/mol. The Kier molecular flexibility index (Phi) is 4.82. The van der Waals surface area contributed by atoms with Gasteiger partial charge in [0.25, 0.3) is 0 Å². The molecule has 0 amide bonds. The molecule has 2 heterocycles. The molecule has 0 aliphatic heterocycles. The third kappa shape index (κ3) is 3.42. The van der Waals surface area contributed by atoms with E-state index in [9.17, 15) is 0 Å². The van der Waals surface area contributed by atoms with Gasteiger partial charge in [-0.05, 0) is 30.3 Å². The SMILES string of the molecule is Brc1ccc2sc3c(-c4nc(-c5ccccc5)cc(-c5ccccc5)n4)cccc3c2c1. The van der Waals surface area contributed by atoms with Crippen LogP contribution in [0.4, 0.5) is 0 Å². The minimum absolute atomic E-state index is 0.751. The molecule has 0 saturated heterocycles. The van der Waals surface area contributed by atoms with Gasteiger partial charge in [-0.2, -0.15) is 0 Å². The lowest BCUT2D eigenvalue weighted by atomic mass is 10.1. The van der Waals surface area contributed by atoms with Crippen molar-refractivity contribution in [2.45, 2.75) is 0 Å². The van der Waals surface area contributed by atoms with Gasteiger partial charge in [0.2, 0.25) is 0 Å². The van der Waals surface area contributed by atoms with Crippen molar-refractivity contribution >= 4 is 47.4 Å². The predicted molar refractivity (Wildman–Crippen MR) is 139 cm³/mol. The quantitative estimate of drug-likeness (QED) is 0.247. The van der Waals surface area contributed by atoms with Crippen LogP contribution in [0.15, 0.2) is 108 Å². The number of thiophene rings is 1. The second-order valence-electron chi connectivity index (χ2n) is 7.62. The molecule has 2 aromatic heterocycles. The molecule has 0 spiro atoms. The normalized spacial score (nSPS) is 11.3. The fourth-order valence-corrected chi connectivity index (χ4v) is 5.58. The predicted octanol–water partition coefficient (Wildman–Crippen LogP) is 8.61. The highest BCUT2D eigenvalue weighted by Crippen LogP contribution is 2.40. The first-order chi connectivity index (χ1) is 15.8. The smallest absolute Gasteiger partial charge is 0.161 e. The number of halogens is 1. The molecular formula is C28H17BrN2S. The van der Waals surface area contributed by atoms with Crippen molar-refractivity contribution in [1.29, 1.82) is 0 Å². The van der Waals surface area contributed by atoms with Crippen LogP contribution in [0.5, 0.6) is 0 Å². The molecule has 2 nitrogen and oxygen atoms in total. The second-order valence-corrected chi connectivity index (χ2v) is 9.59. The number of hydrogen-bond acceptors (Lipinski definition) is 3. The first kappa shape index (κ1) is 19.4. The van der Waals surface area contributed by atoms with Gasteiger partial charge in [0.15, 0.2) is 5.82 Å². The summed E-state index contributed by atoms with van der Waals surface area (Å²) in [4.78, 5) is 10.0. The Morgan fingerprint density at radius 2 is 1.25 bits per heavy atom. The number of aromatic nitrogens is 2. The van der Waals surface area contributed by atoms with E-state index >= 15 is 0 Å². The van der Waals surface area contributed by atoms with Gasteiger partial charge in [-0.1, -0.05) is 88.7 Å². The maximum atomic E-state index is 5.02. The molecule has 152 valence electrons. The fraction of sp³-hybridized carbons (Fsp3) is 0. The molecule has 0 atom stereocenters. The molecule has 0 saturated carbocycles. The zero-order chi connectivity index (χ0) is 21.5. The zero-order valence-electron chi connectivity index (χ0n) is 17.0. The molecular weight excluding hydrogens is 476 g/mol. The molecule has 0 aliphatic carbocycles. The van der Waals surface area contributed by atoms with E-state index in [0.29, 0.717) is 0 Å². The van der Waals surface area contributed by atoms with Crippen molar-refractivity contribution in [3.63, 3.8) is 0 Å². The molecule has 0 aliphatic rings. The molecule has 0 radical (unpaired) electrons. The third-order valence-corrected chi connectivity index (χ3v) is 7.28. The van der Waals surface area contributed by atoms with Crippen molar-refractivity contribution < 1.29 is 0 Å². The maximum absolute atomic E-state index is 5.02. The van der Waals surface area contributed by atoms with E-state index in [0.717, 1.165) is 38.4 Å². The Labute approximate surface area is 198 Å². The van der Waals surface area contributed by atoms with Gasteiger partial charge in [-0.3, -0.25) is 0 Å². The summed E-state index contributed by atoms with van der Waals surface area (Å²) in [6.45, 7) is 0. The average Bonchev–Trinajstić information content (AvgIpc) is 3.23. The molecule has 6 rings (SSSR count). The molecule has 6 aromatic rings. The molecule has 32 heavy (non-hydrogen) atoms. The van der Waals surface area contributed by atoms with Crippen LogP contribution in [0.2, 0.25) is 0 Å². The summed E-state index contributed by atoms with van der Waals surface area (Å²) in [5.74, 6) is 0.751. The molecule has 4 heteroatoms. The van der Waals surface area contributed by atoms with Crippen molar-refractivity contribution in [2.75, 3.05) is 0 Å². The van der Waals surface area contributed by atoms with Crippen molar-refractivity contribution in [3.05, 3.63) is 108 Å². The first-order valence-corrected chi connectivity index (χ1v) is 12.0. The largest absolute Gasteiger partial charge is 0.228 e. The van der Waals surface area contributed by atoms with E-state index in [1.807, 2.05) is 36.4 Å². The molecule has 0 unspecified atom stereocenters. The minimum atomic E-state index is 0.751. The first-order valence-electron chi connectivity index (χ1n) is 10.4.